The van der Waals surface area contributed by atoms with Crippen LogP contribution >= 0.6 is 0 Å². The van der Waals surface area contributed by atoms with E-state index >= 15 is 0 Å². The molecule has 21 rings (SSSR count). The van der Waals surface area contributed by atoms with E-state index in [4.69, 9.17) is 245 Å². The molecule has 13 heterocycles. The van der Waals surface area contributed by atoms with Crippen molar-refractivity contribution in [3.63, 3.8) is 0 Å². The van der Waals surface area contributed by atoms with E-state index in [1.165, 1.54) is 0 Å². The fourth-order valence-corrected chi connectivity index (χ4v) is 23.9. The van der Waals surface area contributed by atoms with Gasteiger partial charge in [0.2, 0.25) is 0 Å². The van der Waals surface area contributed by atoms with Crippen molar-refractivity contribution in [1.29, 1.82) is 0 Å². The number of hydrogen-bond acceptors (Lipinski definition) is 10. The van der Waals surface area contributed by atoms with Crippen LogP contribution in [0.5, 0.6) is 46.0 Å². The number of benzene rings is 8. The van der Waals surface area contributed by atoms with E-state index in [0.29, 0.717) is 141 Å². The maximum Gasteiger partial charge on any atom is 2.00 e. The predicted molar refractivity (Wildman–Crippen MR) is 617 cm³/mol. The molecule has 64 radical (unpaired) electrons. The molecule has 8 aromatic carbocycles. The zero-order valence-corrected chi connectivity index (χ0v) is 80.7. The molecule has 8 bridgehead atoms. The molecule has 61 heteroatoms. The van der Waals surface area contributed by atoms with E-state index in [9.17, 15) is 0 Å². The topological polar surface area (TPSA) is 142 Å². The van der Waals surface area contributed by atoms with Crippen LogP contribution in [0.3, 0.4) is 0 Å². The number of nitrogens with zero attached hydrogens (tertiary/aromatic N) is 8. The van der Waals surface area contributed by atoms with E-state index in [1.807, 2.05) is 121 Å². The summed E-state index contributed by atoms with van der Waals surface area (Å²) >= 11 is 0. The molecule has 16 unspecified atom stereocenters. The fraction of sp³-hybridized carbons (Fsp3) is 0.300. The summed E-state index contributed by atoms with van der Waals surface area (Å²) in [6, 6.07) is 46.5. The minimum absolute atomic E-state index is 0. The summed E-state index contributed by atoms with van der Waals surface area (Å²) in [4.78, 5) is 43.5. The van der Waals surface area contributed by atoms with Gasteiger partial charge in [-0.25, -0.2) is 9.97 Å². The monoisotopic (exact) mass is 1780 g/mol. The summed E-state index contributed by atoms with van der Waals surface area (Å²) in [6.07, 6.45) is 3.53. The van der Waals surface area contributed by atoms with E-state index in [2.05, 4.69) is 24.3 Å². The maximum absolute atomic E-state index is 7.08. The Bertz CT molecular complexity index is 6330. The Kier molecular flexibility index (Phi) is 28.4. The third-order valence-electron chi connectivity index (χ3n) is 33.0. The number of ether oxygens (including phenoxy) is 4. The van der Waals surface area contributed by atoms with E-state index in [1.54, 1.807) is 115 Å². The van der Waals surface area contributed by atoms with Crippen LogP contribution in [0.1, 0.15) is 44.5 Å². The molecular weight excluding hydrogens is 1730 g/mol. The summed E-state index contributed by atoms with van der Waals surface area (Å²) in [7, 11) is 181. The Labute approximate surface area is 888 Å². The Morgan fingerprint density at radius 1 is 0.220 bits per heavy atom. The first-order valence-corrected chi connectivity index (χ1v) is 47.0. The summed E-state index contributed by atoms with van der Waals surface area (Å²) < 4.78 is 28.3. The smallest absolute Gasteiger partial charge is 0.457 e. The van der Waals surface area contributed by atoms with Crippen molar-refractivity contribution in [3.8, 4) is 91.5 Å². The van der Waals surface area contributed by atoms with Gasteiger partial charge in [0.1, 0.15) is 46.0 Å². The van der Waals surface area contributed by atoms with Gasteiger partial charge in [-0.15, -0.1) is 87.4 Å². The molecule has 8 saturated heterocycles. The largest absolute Gasteiger partial charge is 2.00 e. The van der Waals surface area contributed by atoms with Gasteiger partial charge in [0.25, 0.3) is 0 Å². The molecule has 578 valence electrons. The van der Waals surface area contributed by atoms with Crippen LogP contribution in [0.2, 0.25) is 87.4 Å². The van der Waals surface area contributed by atoms with Crippen LogP contribution < -0.4 is 28.9 Å². The van der Waals surface area contributed by atoms with E-state index in [-0.39, 0.29) is 164 Å². The maximum atomic E-state index is 7.08. The predicted octanol–water partition coefficient (Wildman–Crippen LogP) is -0.169. The minimum atomic E-state index is -0.626. The van der Waals surface area contributed by atoms with Gasteiger partial charge in [-0.05, 0) is 239 Å². The second-order valence-corrected chi connectivity index (χ2v) is 40.3. The first kappa shape index (κ1) is 102. The number of hydrogen-bond donors (Lipinski definition) is 0. The summed E-state index contributed by atoms with van der Waals surface area (Å²) in [5.41, 5.74) is 8.64. The number of rotatable bonds is 40. The van der Waals surface area contributed by atoms with Crippen molar-refractivity contribution < 1.29 is 38.4 Å². The zero-order chi connectivity index (χ0) is 98.1. The summed E-state index contributed by atoms with van der Waals surface area (Å²) in [5, 5.41) is -2.87. The SMILES string of the molecule is [B][11B]C1[11B]([B])C1([11B][B])Cc1cc(CC2([11B][B])[11B]([B])C2[11B][B])cc(Oc2ccc3c(c2)-c2nc-3nc3[n-]c(nc4nc(nc5[n-]c(n2)c2cc(Oc6cc(CC7([11B][B])[11B]([B])C7[11B][B])cc(CC7([11B][B])[11B]([B])C7[11B][B])c6)ccc52)-c2ccc(Oc5cc(CC6([11B][B])[11B]([B])C6[11B][B])cc(CC6([11B][B])[11B]([B])C6[11B][B])c5)cc2-4)c2cc(Oc4cc(CC5([11B][B])[11B]([B])C5[11B][B])cc(CC5([11B][B])[11B]([B])C5[11B][B])c4)ccc32)c1.[Zn+2]. The number of fused-ring (bicyclic) bond motifs is 20. The second kappa shape index (κ2) is 39.2. The summed E-state index contributed by atoms with van der Waals surface area (Å²) in [5.74, 6) is 4.41. The molecule has 3 aromatic heterocycles. The normalized spacial score (nSPS) is 27.1. The molecule has 0 saturated carbocycles. The quantitative estimate of drug-likeness (QED) is 0.0472. The van der Waals surface area contributed by atoms with Crippen molar-refractivity contribution in [2.75, 3.05) is 0 Å². The molecule has 10 aliphatic rings. The van der Waals surface area contributed by atoms with Gasteiger partial charge in [-0.2, -0.15) is 0 Å². The molecule has 0 aliphatic carbocycles. The minimum Gasteiger partial charge on any atom is -0.457 e. The molecule has 12 nitrogen and oxygen atoms in total. The summed E-state index contributed by atoms with van der Waals surface area (Å²) in [6.45, 7) is -2.56. The molecule has 141 heavy (non-hydrogen) atoms. The second-order valence-electron chi connectivity index (χ2n) is 40.3. The van der Waals surface area contributed by atoms with Gasteiger partial charge in [0.15, 0.2) is 0 Å². The molecule has 16 atom stereocenters. The van der Waals surface area contributed by atoms with Crippen LogP contribution in [0.25, 0.3) is 89.7 Å². The van der Waals surface area contributed by atoms with Gasteiger partial charge in [0, 0.05) is 288 Å². The standard InChI is InChI=1S/C80H48B48N8O4.Zn/c81-105-65-73(113-89,121(65)97)25-33-9-34(26-74(114-90)66(106-82)122(74)98)14-45(13-33)137-41-1-5-49-53(21-41)61-131-57(49)129-58-50-6-2-42(138-46-15-35(27-75(115-91)67(107-83)123(75)99)10-36(16-46)28-76(116-92)68(108-84)124(76)100)22-54(50)63(132-58)136-64-56-24-44(140-48-19-39(31-79(119-95)71(111-87)127(79)103)12-40(20-48)32-80(120-96)72(112-88)128(80)104)4-8-52(56)60(134-64)130-59-51-7-3-43(23-55(51)62(133-59)135-61)139-47-17-37(29-77(117-93)69(109-85)125(77)101)11-38(18-47)30-78(118-94)70(110-86)126(78)102;/h1-24,65-72H,25-32H2;/q-2;+2/i105+0,106+0,107+0,108+0,109+0,110+0,111+0,112+0,113+0,114+0,115+0,116+0,117+0,118+0,119+0,120+0,121+0,122+0,123+0,124+0,125+0,126+0,127+0,128+0;. The number of aromatic nitrogens is 8. The van der Waals surface area contributed by atoms with Crippen molar-refractivity contribution in [2.24, 2.45) is 0 Å². The first-order valence-electron chi connectivity index (χ1n) is 47.0. The molecule has 0 spiro atoms. The fourth-order valence-electron chi connectivity index (χ4n) is 23.9. The van der Waals surface area contributed by atoms with Crippen LogP contribution in [-0.4, -0.2) is 383 Å². The van der Waals surface area contributed by atoms with Crippen LogP contribution in [0.4, 0.5) is 0 Å². The molecular formula is C80H48B48N8O4Zn. The Morgan fingerprint density at radius 2 is 0.404 bits per heavy atom. The average Bonchev–Trinajstić information content (AvgIpc) is 1.57. The Hall–Kier alpha value is -5.94. The van der Waals surface area contributed by atoms with Crippen molar-refractivity contribution in [2.45, 2.75) is 139 Å². The molecule has 8 fully saturated rings. The molecule has 0 N–H and O–H groups in total. The van der Waals surface area contributed by atoms with Crippen molar-refractivity contribution in [3.05, 3.63) is 190 Å². The zero-order valence-electron chi connectivity index (χ0n) is 77.8. The van der Waals surface area contributed by atoms with Gasteiger partial charge < -0.3 is 48.9 Å². The van der Waals surface area contributed by atoms with E-state index in [0.717, 1.165) is 44.5 Å². The molecule has 11 aromatic rings. The Balaban J connectivity index is 0.0000122. The van der Waals surface area contributed by atoms with Crippen molar-refractivity contribution >= 4 is 397 Å². The van der Waals surface area contributed by atoms with Crippen LogP contribution in [-0.2, 0) is 70.8 Å². The van der Waals surface area contributed by atoms with Crippen LogP contribution in [0, 0.1) is 0 Å². The van der Waals surface area contributed by atoms with Gasteiger partial charge in [-0.3, -0.25) is 0 Å². The third kappa shape index (κ3) is 17.4. The third-order valence-corrected chi connectivity index (χ3v) is 33.0. The van der Waals surface area contributed by atoms with Crippen molar-refractivity contribution in [1.82, 2.24) is 39.9 Å². The molecule has 0 amide bonds. The van der Waals surface area contributed by atoms with Crippen LogP contribution in [0.15, 0.2) is 146 Å². The van der Waals surface area contributed by atoms with Gasteiger partial charge in [-0.1, -0.05) is 24.3 Å². The average molecular weight is 1770 g/mol. The molecule has 10 aliphatic heterocycles. The van der Waals surface area contributed by atoms with E-state index < -0.39 is 41.7 Å². The Morgan fingerprint density at radius 3 is 0.596 bits per heavy atom. The van der Waals surface area contributed by atoms with Gasteiger partial charge in [0.05, 0.1) is 133 Å². The van der Waals surface area contributed by atoms with Gasteiger partial charge >= 0.3 is 19.5 Å². The first-order chi connectivity index (χ1) is 67.5.